The molecule has 1 aromatic carbocycles. The molecule has 0 aliphatic rings. The quantitative estimate of drug-likeness (QED) is 0.871. The van der Waals surface area contributed by atoms with Crippen molar-refractivity contribution in [1.29, 1.82) is 0 Å². The molecule has 2 N–H and O–H groups in total. The van der Waals surface area contributed by atoms with E-state index < -0.39 is 0 Å². The highest BCUT2D eigenvalue weighted by Crippen LogP contribution is 2.18. The molecular weight excluding hydrogens is 215 g/mol. The molecular formula is C10H9FN2OS. The first-order chi connectivity index (χ1) is 7.25. The Hall–Kier alpha value is -1.62. The molecule has 0 amide bonds. The van der Waals surface area contributed by atoms with E-state index in [0.29, 0.717) is 16.4 Å². The average Bonchev–Trinajstić information content (AvgIpc) is 2.61. The van der Waals surface area contributed by atoms with Crippen molar-refractivity contribution in [2.45, 2.75) is 6.61 Å². The summed E-state index contributed by atoms with van der Waals surface area (Å²) in [5.41, 5.74) is 7.97. The number of hydrogen-bond donors (Lipinski definition) is 1. The molecule has 0 radical (unpaired) electrons. The molecule has 0 fully saturated rings. The minimum absolute atomic E-state index is 0.263. The smallest absolute Gasteiger partial charge is 0.133 e. The van der Waals surface area contributed by atoms with E-state index in [2.05, 4.69) is 4.98 Å². The van der Waals surface area contributed by atoms with E-state index in [-0.39, 0.29) is 12.4 Å². The molecule has 0 aliphatic carbocycles. The molecule has 0 spiro atoms. The van der Waals surface area contributed by atoms with Gasteiger partial charge in [-0.15, -0.1) is 11.3 Å². The van der Waals surface area contributed by atoms with Gasteiger partial charge in [0.15, 0.2) is 0 Å². The minimum Gasteiger partial charge on any atom is -0.487 e. The van der Waals surface area contributed by atoms with Crippen molar-refractivity contribution in [3.05, 3.63) is 41.3 Å². The Bertz CT molecular complexity index is 458. The maximum absolute atomic E-state index is 12.8. The number of benzene rings is 1. The Labute approximate surface area is 90.3 Å². The molecule has 2 rings (SSSR count). The summed E-state index contributed by atoms with van der Waals surface area (Å²) >= 11 is 1.36. The van der Waals surface area contributed by atoms with Crippen LogP contribution < -0.4 is 10.5 Å². The van der Waals surface area contributed by atoms with E-state index in [4.69, 9.17) is 10.5 Å². The molecule has 15 heavy (non-hydrogen) atoms. The average molecular weight is 224 g/mol. The van der Waals surface area contributed by atoms with Crippen molar-refractivity contribution in [2.24, 2.45) is 0 Å². The molecule has 1 aromatic heterocycles. The predicted octanol–water partition coefficient (Wildman–Crippen LogP) is 2.44. The van der Waals surface area contributed by atoms with Gasteiger partial charge in [-0.1, -0.05) is 6.07 Å². The predicted molar refractivity (Wildman–Crippen MR) is 57.3 cm³/mol. The van der Waals surface area contributed by atoms with Gasteiger partial charge in [0.1, 0.15) is 28.9 Å². The SMILES string of the molecule is Nc1scnc1COc1cccc(F)c1. The Balaban J connectivity index is 2.02. The van der Waals surface area contributed by atoms with Crippen LogP contribution in [0.1, 0.15) is 5.69 Å². The number of nitrogens with two attached hydrogens (primary N) is 1. The minimum atomic E-state index is -0.321. The largest absolute Gasteiger partial charge is 0.487 e. The molecule has 0 saturated carbocycles. The fourth-order valence-corrected chi connectivity index (χ4v) is 1.64. The molecule has 0 aliphatic heterocycles. The number of hydrogen-bond acceptors (Lipinski definition) is 4. The molecule has 78 valence electrons. The number of anilines is 1. The second kappa shape index (κ2) is 4.27. The van der Waals surface area contributed by atoms with Crippen molar-refractivity contribution in [3.8, 4) is 5.75 Å². The van der Waals surface area contributed by atoms with Crippen LogP contribution in [0.2, 0.25) is 0 Å². The summed E-state index contributed by atoms with van der Waals surface area (Å²) in [6.45, 7) is 0.263. The molecule has 1 heterocycles. The van der Waals surface area contributed by atoms with Crippen LogP contribution >= 0.6 is 11.3 Å². The second-order valence-electron chi connectivity index (χ2n) is 2.91. The van der Waals surface area contributed by atoms with Crippen LogP contribution in [-0.2, 0) is 6.61 Å². The van der Waals surface area contributed by atoms with E-state index in [9.17, 15) is 4.39 Å². The topological polar surface area (TPSA) is 48.1 Å². The fourth-order valence-electron chi connectivity index (χ4n) is 1.10. The standard InChI is InChI=1S/C10H9FN2OS/c11-7-2-1-3-8(4-7)14-5-9-10(12)15-6-13-9/h1-4,6H,5,12H2. The zero-order valence-electron chi connectivity index (χ0n) is 7.81. The summed E-state index contributed by atoms with van der Waals surface area (Å²) in [6.07, 6.45) is 0. The lowest BCUT2D eigenvalue weighted by Crippen LogP contribution is -1.98. The van der Waals surface area contributed by atoms with E-state index in [1.807, 2.05) is 0 Å². The van der Waals surface area contributed by atoms with E-state index in [1.165, 1.54) is 23.5 Å². The van der Waals surface area contributed by atoms with Crippen LogP contribution in [0.3, 0.4) is 0 Å². The molecule has 0 saturated heterocycles. The molecule has 3 nitrogen and oxygen atoms in total. The van der Waals surface area contributed by atoms with E-state index in [1.54, 1.807) is 17.6 Å². The molecule has 0 atom stereocenters. The first kappa shape index (κ1) is 9.92. The molecule has 5 heteroatoms. The Morgan fingerprint density at radius 3 is 3.00 bits per heavy atom. The first-order valence-corrected chi connectivity index (χ1v) is 5.20. The van der Waals surface area contributed by atoms with Crippen molar-refractivity contribution in [2.75, 3.05) is 5.73 Å². The number of ether oxygens (including phenoxy) is 1. The van der Waals surface area contributed by atoms with Crippen LogP contribution in [0.25, 0.3) is 0 Å². The summed E-state index contributed by atoms with van der Waals surface area (Å²) in [5.74, 6) is 0.154. The van der Waals surface area contributed by atoms with Crippen LogP contribution in [0.15, 0.2) is 29.8 Å². The van der Waals surface area contributed by atoms with Gasteiger partial charge in [0.05, 0.1) is 5.51 Å². The second-order valence-corrected chi connectivity index (χ2v) is 3.80. The maximum Gasteiger partial charge on any atom is 0.133 e. The van der Waals surface area contributed by atoms with Gasteiger partial charge in [-0.05, 0) is 12.1 Å². The highest BCUT2D eigenvalue weighted by molar-refractivity contribution is 7.13. The molecule has 0 unspecified atom stereocenters. The normalized spacial score (nSPS) is 10.2. The summed E-state index contributed by atoms with van der Waals surface area (Å²) in [6, 6.07) is 5.97. The number of rotatable bonds is 3. The zero-order chi connectivity index (χ0) is 10.7. The summed E-state index contributed by atoms with van der Waals surface area (Å²) in [4.78, 5) is 4.03. The van der Waals surface area contributed by atoms with Gasteiger partial charge in [-0.25, -0.2) is 9.37 Å². The lowest BCUT2D eigenvalue weighted by molar-refractivity contribution is 0.301. The van der Waals surface area contributed by atoms with Gasteiger partial charge < -0.3 is 10.5 Å². The monoisotopic (exact) mass is 224 g/mol. The van der Waals surface area contributed by atoms with Gasteiger partial charge in [0.25, 0.3) is 0 Å². The van der Waals surface area contributed by atoms with Crippen LogP contribution in [-0.4, -0.2) is 4.98 Å². The van der Waals surface area contributed by atoms with Crippen molar-refractivity contribution >= 4 is 16.3 Å². The number of aromatic nitrogens is 1. The number of halogens is 1. The third-order valence-electron chi connectivity index (χ3n) is 1.84. The Kier molecular flexibility index (Phi) is 2.82. The van der Waals surface area contributed by atoms with Gasteiger partial charge in [-0.3, -0.25) is 0 Å². The lowest BCUT2D eigenvalue weighted by Gasteiger charge is -2.04. The van der Waals surface area contributed by atoms with Crippen LogP contribution in [0.5, 0.6) is 5.75 Å². The summed E-state index contributed by atoms with van der Waals surface area (Å²) in [5, 5.41) is 0.631. The third kappa shape index (κ3) is 2.44. The number of thiazole rings is 1. The van der Waals surface area contributed by atoms with Crippen LogP contribution in [0, 0.1) is 5.82 Å². The molecule has 0 bridgehead atoms. The summed E-state index contributed by atoms with van der Waals surface area (Å²) < 4.78 is 18.1. The van der Waals surface area contributed by atoms with Crippen molar-refractivity contribution in [3.63, 3.8) is 0 Å². The van der Waals surface area contributed by atoms with Crippen molar-refractivity contribution < 1.29 is 9.13 Å². The number of nitrogens with zero attached hydrogens (tertiary/aromatic N) is 1. The Morgan fingerprint density at radius 1 is 1.47 bits per heavy atom. The lowest BCUT2D eigenvalue weighted by atomic mass is 10.3. The highest BCUT2D eigenvalue weighted by atomic mass is 32.1. The molecule has 2 aromatic rings. The third-order valence-corrected chi connectivity index (χ3v) is 2.54. The summed E-state index contributed by atoms with van der Waals surface area (Å²) in [7, 11) is 0. The maximum atomic E-state index is 12.8. The first-order valence-electron chi connectivity index (χ1n) is 4.32. The van der Waals surface area contributed by atoms with Crippen LogP contribution in [0.4, 0.5) is 9.39 Å². The zero-order valence-corrected chi connectivity index (χ0v) is 8.63. The van der Waals surface area contributed by atoms with E-state index in [0.717, 1.165) is 0 Å². The highest BCUT2D eigenvalue weighted by Gasteiger charge is 2.03. The fraction of sp³-hybridized carbons (Fsp3) is 0.100. The van der Waals surface area contributed by atoms with Gasteiger partial charge in [-0.2, -0.15) is 0 Å². The van der Waals surface area contributed by atoms with Crippen molar-refractivity contribution in [1.82, 2.24) is 4.98 Å². The number of nitrogen functional groups attached to an aromatic ring is 1. The van der Waals surface area contributed by atoms with Gasteiger partial charge >= 0.3 is 0 Å². The van der Waals surface area contributed by atoms with Gasteiger partial charge in [0, 0.05) is 6.07 Å². The van der Waals surface area contributed by atoms with Gasteiger partial charge in [0.2, 0.25) is 0 Å². The van der Waals surface area contributed by atoms with E-state index >= 15 is 0 Å². The Morgan fingerprint density at radius 2 is 2.33 bits per heavy atom.